The van der Waals surface area contributed by atoms with Crippen molar-refractivity contribution in [2.45, 2.75) is 24.5 Å². The van der Waals surface area contributed by atoms with Crippen LogP contribution in [0.2, 0.25) is 0 Å². The van der Waals surface area contributed by atoms with E-state index in [1.807, 2.05) is 0 Å². The average Bonchev–Trinajstić information content (AvgIpc) is 3.06. The minimum Gasteiger partial charge on any atom is -0.311 e. The minimum absolute atomic E-state index is 0.366. The molecule has 0 bridgehead atoms. The molecule has 4 unspecified atom stereocenters. The lowest BCUT2D eigenvalue weighted by atomic mass is 10.5. The predicted molar refractivity (Wildman–Crippen MR) is 87.9 cm³/mol. The maximum atomic E-state index is 13.0. The lowest BCUT2D eigenvalue weighted by molar-refractivity contribution is 0.134. The zero-order valence-corrected chi connectivity index (χ0v) is 17.6. The van der Waals surface area contributed by atoms with Crippen LogP contribution in [-0.4, -0.2) is 73.4 Å². The molecule has 2 fully saturated rings. The molecule has 0 aromatic rings. The summed E-state index contributed by atoms with van der Waals surface area (Å²) in [6.07, 6.45) is -2.18. The van der Waals surface area contributed by atoms with E-state index in [9.17, 15) is 26.0 Å². The molecule has 2 aliphatic heterocycles. The van der Waals surface area contributed by atoms with Gasteiger partial charge >= 0.3 is 15.2 Å². The Morgan fingerprint density at radius 2 is 1.19 bits per heavy atom. The molecule has 16 heteroatoms. The van der Waals surface area contributed by atoms with Crippen molar-refractivity contribution in [1.82, 2.24) is 0 Å². The van der Waals surface area contributed by atoms with E-state index in [-0.39, 0.29) is 13.2 Å². The van der Waals surface area contributed by atoms with E-state index >= 15 is 0 Å². The van der Waals surface area contributed by atoms with Crippen LogP contribution in [0.15, 0.2) is 0 Å². The first-order valence-electron chi connectivity index (χ1n) is 7.26. The van der Waals surface area contributed by atoms with Crippen molar-refractivity contribution in [3.63, 3.8) is 0 Å². The molecule has 0 amide bonds. The summed E-state index contributed by atoms with van der Waals surface area (Å²) in [6.45, 7) is 0.480. The number of rotatable bonds is 8. The third-order valence-electron chi connectivity index (χ3n) is 3.66. The molecule has 2 aliphatic rings. The lowest BCUT2D eigenvalue weighted by Gasteiger charge is -2.30. The Morgan fingerprint density at radius 1 is 0.846 bits per heavy atom. The van der Waals surface area contributed by atoms with Crippen molar-refractivity contribution in [2.75, 3.05) is 38.9 Å². The average molecular weight is 458 g/mol. The van der Waals surface area contributed by atoms with Crippen LogP contribution in [0.5, 0.6) is 0 Å². The molecule has 12 nitrogen and oxygen atoms in total. The van der Waals surface area contributed by atoms with Crippen molar-refractivity contribution >= 4 is 35.4 Å². The highest BCUT2D eigenvalue weighted by Crippen LogP contribution is 2.70. The van der Waals surface area contributed by atoms with Gasteiger partial charge in [0.2, 0.25) is 0 Å². The van der Waals surface area contributed by atoms with Gasteiger partial charge in [0.1, 0.15) is 23.7 Å². The van der Waals surface area contributed by atoms with Crippen molar-refractivity contribution in [3.05, 3.63) is 0 Å². The normalized spacial score (nSPS) is 33.3. The van der Waals surface area contributed by atoms with Crippen LogP contribution in [0.1, 0.15) is 6.92 Å². The molecule has 0 aromatic heterocycles. The molecule has 0 spiro atoms. The molecule has 0 aromatic carbocycles. The molecule has 2 heterocycles. The van der Waals surface area contributed by atoms with Crippen LogP contribution in [0.3, 0.4) is 0 Å². The maximum absolute atomic E-state index is 13.0. The van der Waals surface area contributed by atoms with Gasteiger partial charge in [-0.1, -0.05) is 0 Å². The molecular formula is C10H20O12P2S2. The Hall–Kier alpha value is 0.120. The zero-order chi connectivity index (χ0) is 19.8. The SMILES string of the molecule is COP(=O)(OC1COS(=O)(=O)C1)C(C)P(=O)(OC)OC1COS(=O)(=O)C1. The fourth-order valence-corrected chi connectivity index (χ4v) is 9.15. The molecule has 154 valence electrons. The van der Waals surface area contributed by atoms with Gasteiger partial charge in [0, 0.05) is 14.2 Å². The Labute approximate surface area is 151 Å². The second-order valence-corrected chi connectivity index (χ2v) is 14.2. The molecule has 26 heavy (non-hydrogen) atoms. The highest BCUT2D eigenvalue weighted by Gasteiger charge is 2.51. The summed E-state index contributed by atoms with van der Waals surface area (Å²) in [6, 6.07) is 0. The Bertz CT molecular complexity index is 753. The summed E-state index contributed by atoms with van der Waals surface area (Å²) in [7, 11) is -13.9. The fourth-order valence-electron chi connectivity index (χ4n) is 2.28. The van der Waals surface area contributed by atoms with Crippen molar-refractivity contribution in [1.29, 1.82) is 0 Å². The van der Waals surface area contributed by atoms with Crippen LogP contribution in [0.25, 0.3) is 0 Å². The summed E-state index contributed by atoms with van der Waals surface area (Å²) >= 11 is 0. The first kappa shape index (κ1) is 22.4. The van der Waals surface area contributed by atoms with Crippen LogP contribution < -0.4 is 0 Å². The standard InChI is InChI=1S/C10H20O12P2S2/c1-8(23(11,17-2)21-9-4-19-25(13,14)6-9)24(12,18-3)22-10-5-20-26(15,16)7-10/h8-10H,4-7H2,1-3H3. The second-order valence-electron chi connectivity index (χ2n) is 5.55. The number of hydrogen-bond acceptors (Lipinski definition) is 12. The van der Waals surface area contributed by atoms with Crippen molar-refractivity contribution in [2.24, 2.45) is 0 Å². The molecule has 0 aliphatic carbocycles. The zero-order valence-electron chi connectivity index (χ0n) is 14.2. The van der Waals surface area contributed by atoms with E-state index in [0.29, 0.717) is 0 Å². The third-order valence-corrected chi connectivity index (χ3v) is 11.9. The molecule has 4 atom stereocenters. The Kier molecular flexibility index (Phi) is 6.77. The van der Waals surface area contributed by atoms with Gasteiger partial charge in [0.15, 0.2) is 5.40 Å². The molecule has 2 saturated heterocycles. The van der Waals surface area contributed by atoms with Gasteiger partial charge in [-0.05, 0) is 6.92 Å². The maximum Gasteiger partial charge on any atom is 0.345 e. The molecule has 2 rings (SSSR count). The third kappa shape index (κ3) is 5.13. The molecule has 0 saturated carbocycles. The molecular weight excluding hydrogens is 438 g/mol. The first-order valence-corrected chi connectivity index (χ1v) is 13.6. The largest absolute Gasteiger partial charge is 0.345 e. The second kappa shape index (κ2) is 7.86. The highest BCUT2D eigenvalue weighted by molar-refractivity contribution is 7.87. The van der Waals surface area contributed by atoms with Gasteiger partial charge < -0.3 is 18.1 Å². The van der Waals surface area contributed by atoms with Crippen LogP contribution in [-0.2, 0) is 55.8 Å². The number of hydrogen-bond donors (Lipinski definition) is 0. The summed E-state index contributed by atoms with van der Waals surface area (Å²) in [4.78, 5) is 0. The van der Waals surface area contributed by atoms with Crippen LogP contribution in [0.4, 0.5) is 0 Å². The van der Waals surface area contributed by atoms with E-state index in [1.165, 1.54) is 6.92 Å². The van der Waals surface area contributed by atoms with Crippen molar-refractivity contribution < 1.29 is 52.4 Å². The van der Waals surface area contributed by atoms with Gasteiger partial charge in [0.05, 0.1) is 13.2 Å². The van der Waals surface area contributed by atoms with Gasteiger partial charge in [0.25, 0.3) is 20.2 Å². The summed E-state index contributed by atoms with van der Waals surface area (Å²) < 4.78 is 101. The van der Waals surface area contributed by atoms with Crippen molar-refractivity contribution in [3.8, 4) is 0 Å². The summed E-state index contributed by atoms with van der Waals surface area (Å²) in [5.41, 5.74) is 0. The van der Waals surface area contributed by atoms with Gasteiger partial charge in [-0.2, -0.15) is 16.8 Å². The van der Waals surface area contributed by atoms with Crippen LogP contribution in [0, 0.1) is 0 Å². The quantitative estimate of drug-likeness (QED) is 0.367. The highest BCUT2D eigenvalue weighted by atomic mass is 32.2. The predicted octanol–water partition coefficient (Wildman–Crippen LogP) is 0.502. The Morgan fingerprint density at radius 3 is 1.42 bits per heavy atom. The van der Waals surface area contributed by atoms with Gasteiger partial charge in [-0.15, -0.1) is 0 Å². The first-order chi connectivity index (χ1) is 11.8. The Balaban J connectivity index is 2.16. The summed E-state index contributed by atoms with van der Waals surface area (Å²) in [5.74, 6) is -1.08. The molecule has 0 N–H and O–H groups in total. The topological polar surface area (TPSA) is 158 Å². The van der Waals surface area contributed by atoms with E-state index in [0.717, 1.165) is 14.2 Å². The van der Waals surface area contributed by atoms with Gasteiger partial charge in [-0.25, -0.2) is 0 Å². The van der Waals surface area contributed by atoms with Gasteiger partial charge in [-0.3, -0.25) is 17.5 Å². The van der Waals surface area contributed by atoms with Crippen LogP contribution >= 0.6 is 15.2 Å². The molecule has 0 radical (unpaired) electrons. The summed E-state index contributed by atoms with van der Waals surface area (Å²) in [5, 5.41) is -1.46. The van der Waals surface area contributed by atoms with E-state index in [1.54, 1.807) is 0 Å². The fraction of sp³-hybridized carbons (Fsp3) is 1.00. The monoisotopic (exact) mass is 458 g/mol. The van der Waals surface area contributed by atoms with E-state index in [4.69, 9.17) is 18.1 Å². The van der Waals surface area contributed by atoms with E-state index < -0.39 is 64.5 Å². The smallest absolute Gasteiger partial charge is 0.311 e. The lowest BCUT2D eigenvalue weighted by Crippen LogP contribution is -2.23. The minimum atomic E-state index is -4.17. The van der Waals surface area contributed by atoms with E-state index in [2.05, 4.69) is 8.37 Å².